The number of halogens is 1. The molecule has 5 heteroatoms. The highest BCUT2D eigenvalue weighted by Gasteiger charge is 2.14. The van der Waals surface area contributed by atoms with Gasteiger partial charge in [-0.3, -0.25) is 9.59 Å². The molecule has 1 heterocycles. The summed E-state index contributed by atoms with van der Waals surface area (Å²) in [7, 11) is 0. The number of benzene rings is 1. The Bertz CT molecular complexity index is 629. The number of para-hydroxylation sites is 1. The molecule has 0 aliphatic carbocycles. The van der Waals surface area contributed by atoms with Gasteiger partial charge < -0.3 is 5.32 Å². The van der Waals surface area contributed by atoms with Gasteiger partial charge in [0.15, 0.2) is 5.78 Å². The third-order valence-electron chi connectivity index (χ3n) is 2.64. The molecule has 3 nitrogen and oxygen atoms in total. The maximum atomic E-state index is 12.1. The molecule has 0 spiro atoms. The fourth-order valence-electron chi connectivity index (χ4n) is 1.65. The Morgan fingerprint density at radius 3 is 2.53 bits per heavy atom. The van der Waals surface area contributed by atoms with Crippen molar-refractivity contribution in [1.29, 1.82) is 0 Å². The van der Waals surface area contributed by atoms with Crippen LogP contribution in [-0.4, -0.2) is 11.7 Å². The molecular weight excluding hydrogens is 326 g/mol. The summed E-state index contributed by atoms with van der Waals surface area (Å²) in [4.78, 5) is 24.2. The molecule has 0 fully saturated rings. The third-order valence-corrected chi connectivity index (χ3v) is 4.77. The summed E-state index contributed by atoms with van der Waals surface area (Å²) in [5, 5.41) is 2.78. The lowest BCUT2D eigenvalue weighted by molar-refractivity contribution is 0.101. The molecule has 0 saturated carbocycles. The van der Waals surface area contributed by atoms with Gasteiger partial charge in [-0.25, -0.2) is 0 Å². The van der Waals surface area contributed by atoms with E-state index in [2.05, 4.69) is 21.2 Å². The van der Waals surface area contributed by atoms with E-state index >= 15 is 0 Å². The van der Waals surface area contributed by atoms with Crippen molar-refractivity contribution >= 4 is 44.6 Å². The number of rotatable bonds is 3. The van der Waals surface area contributed by atoms with Crippen molar-refractivity contribution in [2.45, 2.75) is 13.8 Å². The average Bonchev–Trinajstić information content (AvgIpc) is 2.70. The average molecular weight is 338 g/mol. The third kappa shape index (κ3) is 3.11. The number of nitrogens with one attached hydrogen (secondary N) is 1. The number of ketones is 1. The number of amides is 1. The summed E-state index contributed by atoms with van der Waals surface area (Å²) in [5.74, 6) is -0.271. The number of Topliss-reactive ketones (excluding diaryl/α,β-unsaturated/α-hetero) is 1. The highest BCUT2D eigenvalue weighted by atomic mass is 79.9. The van der Waals surface area contributed by atoms with Gasteiger partial charge in [-0.05, 0) is 53.5 Å². The van der Waals surface area contributed by atoms with Gasteiger partial charge in [0.1, 0.15) is 0 Å². The van der Waals surface area contributed by atoms with Crippen LogP contribution in [0.3, 0.4) is 0 Å². The molecule has 1 amide bonds. The van der Waals surface area contributed by atoms with Crippen LogP contribution < -0.4 is 5.32 Å². The van der Waals surface area contributed by atoms with E-state index < -0.39 is 0 Å². The van der Waals surface area contributed by atoms with Crippen LogP contribution in [0.2, 0.25) is 0 Å². The predicted molar refractivity (Wildman–Crippen MR) is 81.2 cm³/mol. The van der Waals surface area contributed by atoms with Gasteiger partial charge in [-0.2, -0.15) is 0 Å². The van der Waals surface area contributed by atoms with Crippen LogP contribution in [0.15, 0.2) is 34.1 Å². The molecule has 0 aliphatic heterocycles. The van der Waals surface area contributed by atoms with Gasteiger partial charge in [-0.1, -0.05) is 12.1 Å². The van der Waals surface area contributed by atoms with Gasteiger partial charge in [0.25, 0.3) is 5.91 Å². The zero-order valence-electron chi connectivity index (χ0n) is 10.5. The molecular formula is C14H12BrNO2S. The highest BCUT2D eigenvalue weighted by Crippen LogP contribution is 2.28. The molecule has 0 radical (unpaired) electrons. The van der Waals surface area contributed by atoms with Crippen LogP contribution >= 0.6 is 27.3 Å². The van der Waals surface area contributed by atoms with Crippen molar-refractivity contribution in [2.75, 3.05) is 5.32 Å². The van der Waals surface area contributed by atoms with Crippen molar-refractivity contribution in [3.8, 4) is 0 Å². The second kappa shape index (κ2) is 5.67. The molecule has 0 unspecified atom stereocenters. The quantitative estimate of drug-likeness (QED) is 0.850. The van der Waals surface area contributed by atoms with Crippen molar-refractivity contribution in [3.05, 3.63) is 50.1 Å². The van der Waals surface area contributed by atoms with Gasteiger partial charge in [0, 0.05) is 5.56 Å². The zero-order valence-corrected chi connectivity index (χ0v) is 12.9. The smallest absolute Gasteiger partial charge is 0.265 e. The first kappa shape index (κ1) is 14.0. The fourth-order valence-corrected chi connectivity index (χ4v) is 3.08. The Kier molecular flexibility index (Phi) is 4.17. The number of hydrogen-bond donors (Lipinski definition) is 1. The largest absolute Gasteiger partial charge is 0.321 e. The maximum absolute atomic E-state index is 12.1. The van der Waals surface area contributed by atoms with E-state index in [-0.39, 0.29) is 11.7 Å². The summed E-state index contributed by atoms with van der Waals surface area (Å²) in [6, 6.07) is 8.81. The summed E-state index contributed by atoms with van der Waals surface area (Å²) >= 11 is 4.77. The first-order chi connectivity index (χ1) is 8.99. The van der Waals surface area contributed by atoms with Crippen LogP contribution in [-0.2, 0) is 0 Å². The molecule has 2 aromatic rings. The normalized spacial score (nSPS) is 10.3. The lowest BCUT2D eigenvalue weighted by atomic mass is 10.1. The summed E-state index contributed by atoms with van der Waals surface area (Å²) < 4.78 is 0.942. The molecule has 0 aliphatic rings. The number of thiophene rings is 1. The lowest BCUT2D eigenvalue weighted by Gasteiger charge is -2.07. The second-order valence-electron chi connectivity index (χ2n) is 4.12. The minimum absolute atomic E-state index is 0.0700. The standard InChI is InChI=1S/C14H12BrNO2S/c1-8-7-12(19-13(8)15)14(18)16-11-6-4-3-5-10(11)9(2)17/h3-7H,1-2H3,(H,16,18). The van der Waals surface area contributed by atoms with E-state index in [4.69, 9.17) is 0 Å². The lowest BCUT2D eigenvalue weighted by Crippen LogP contribution is -2.12. The molecule has 1 aromatic heterocycles. The first-order valence-electron chi connectivity index (χ1n) is 5.66. The maximum Gasteiger partial charge on any atom is 0.265 e. The van der Waals surface area contributed by atoms with Crippen LogP contribution in [0.4, 0.5) is 5.69 Å². The van der Waals surface area contributed by atoms with Gasteiger partial charge in [0.2, 0.25) is 0 Å². The van der Waals surface area contributed by atoms with Gasteiger partial charge in [0.05, 0.1) is 14.4 Å². The minimum atomic E-state index is -0.201. The number of carbonyl (C=O) groups excluding carboxylic acids is 2. The van der Waals surface area contributed by atoms with Gasteiger partial charge in [-0.15, -0.1) is 11.3 Å². The van der Waals surface area contributed by atoms with E-state index in [1.807, 2.05) is 13.0 Å². The van der Waals surface area contributed by atoms with Crippen LogP contribution in [0.1, 0.15) is 32.5 Å². The molecule has 1 aromatic carbocycles. The van der Waals surface area contributed by atoms with Crippen molar-refractivity contribution in [2.24, 2.45) is 0 Å². The number of hydrogen-bond acceptors (Lipinski definition) is 3. The van der Waals surface area contributed by atoms with Crippen LogP contribution in [0.5, 0.6) is 0 Å². The molecule has 2 rings (SSSR count). The minimum Gasteiger partial charge on any atom is -0.321 e. The monoisotopic (exact) mass is 337 g/mol. The number of carbonyl (C=O) groups is 2. The summed E-state index contributed by atoms with van der Waals surface area (Å²) in [5.41, 5.74) is 2.08. The Balaban J connectivity index is 2.26. The Labute approximate surface area is 123 Å². The Morgan fingerprint density at radius 1 is 1.26 bits per heavy atom. The van der Waals surface area contributed by atoms with Crippen molar-refractivity contribution in [1.82, 2.24) is 0 Å². The zero-order chi connectivity index (χ0) is 14.0. The van der Waals surface area contributed by atoms with Crippen molar-refractivity contribution in [3.63, 3.8) is 0 Å². The van der Waals surface area contributed by atoms with E-state index in [0.29, 0.717) is 16.1 Å². The van der Waals surface area contributed by atoms with Gasteiger partial charge >= 0.3 is 0 Å². The highest BCUT2D eigenvalue weighted by molar-refractivity contribution is 9.11. The second-order valence-corrected chi connectivity index (χ2v) is 6.49. The molecule has 19 heavy (non-hydrogen) atoms. The Morgan fingerprint density at radius 2 is 1.95 bits per heavy atom. The molecule has 1 N–H and O–H groups in total. The molecule has 0 atom stereocenters. The first-order valence-corrected chi connectivity index (χ1v) is 7.27. The SMILES string of the molecule is CC(=O)c1ccccc1NC(=O)c1cc(C)c(Br)s1. The fraction of sp³-hybridized carbons (Fsp3) is 0.143. The van der Waals surface area contributed by atoms with Crippen LogP contribution in [0.25, 0.3) is 0 Å². The van der Waals surface area contributed by atoms with Crippen LogP contribution in [0, 0.1) is 6.92 Å². The van der Waals surface area contributed by atoms with E-state index in [1.54, 1.807) is 24.3 Å². The van der Waals surface area contributed by atoms with E-state index in [0.717, 1.165) is 9.35 Å². The summed E-state index contributed by atoms with van der Waals surface area (Å²) in [6.45, 7) is 3.41. The number of anilines is 1. The van der Waals surface area contributed by atoms with E-state index in [1.165, 1.54) is 18.3 Å². The van der Waals surface area contributed by atoms with E-state index in [9.17, 15) is 9.59 Å². The topological polar surface area (TPSA) is 46.2 Å². The summed E-state index contributed by atoms with van der Waals surface area (Å²) in [6.07, 6.45) is 0. The Hall–Kier alpha value is -1.46. The molecule has 0 saturated heterocycles. The molecule has 98 valence electrons. The predicted octanol–water partition coefficient (Wildman–Crippen LogP) is 4.27. The molecule has 0 bridgehead atoms. The number of aryl methyl sites for hydroxylation is 1. The van der Waals surface area contributed by atoms with Crippen molar-refractivity contribution < 1.29 is 9.59 Å².